The molecule has 5 heteroatoms. The molecular weight excluding hydrogens is 272 g/mol. The van der Waals surface area contributed by atoms with Crippen LogP contribution < -0.4 is 10.5 Å². The van der Waals surface area contributed by atoms with Crippen LogP contribution in [0, 0.1) is 5.92 Å². The molecule has 2 rings (SSSR count). The van der Waals surface area contributed by atoms with E-state index in [0.717, 1.165) is 17.7 Å². The summed E-state index contributed by atoms with van der Waals surface area (Å²) in [6, 6.07) is 7.88. The Labute approximate surface area is 124 Å². The minimum atomic E-state index is -0.115. The monoisotopic (exact) mass is 292 g/mol. The number of fused-ring (bicyclic) bond motifs is 1. The first-order chi connectivity index (χ1) is 9.61. The minimum absolute atomic E-state index is 0.115. The zero-order valence-corrected chi connectivity index (χ0v) is 12.5. The number of carbonyl (C=O) groups is 1. The van der Waals surface area contributed by atoms with Crippen LogP contribution in [-0.4, -0.2) is 35.5 Å². The molecule has 1 aliphatic rings. The van der Waals surface area contributed by atoms with Crippen molar-refractivity contribution < 1.29 is 9.53 Å². The van der Waals surface area contributed by atoms with Crippen LogP contribution in [0.15, 0.2) is 24.3 Å². The lowest BCUT2D eigenvalue weighted by Crippen LogP contribution is -2.41. The van der Waals surface area contributed by atoms with Crippen molar-refractivity contribution in [2.24, 2.45) is 11.7 Å². The van der Waals surface area contributed by atoms with Gasteiger partial charge in [0.1, 0.15) is 12.4 Å². The molecule has 0 radical (unpaired) electrons. The van der Waals surface area contributed by atoms with Crippen LogP contribution in [0.4, 0.5) is 0 Å². The number of hydrogen-bond donors (Lipinski definition) is 1. The fraction of sp³-hybridized carbons (Fsp3) is 0.467. The van der Waals surface area contributed by atoms with E-state index in [4.69, 9.17) is 22.7 Å². The van der Waals surface area contributed by atoms with Crippen molar-refractivity contribution in [3.8, 4) is 5.75 Å². The Balaban J connectivity index is 2.01. The first-order valence-electron chi connectivity index (χ1n) is 6.89. The third-order valence-corrected chi connectivity index (χ3v) is 3.75. The summed E-state index contributed by atoms with van der Waals surface area (Å²) in [5.41, 5.74) is 6.61. The number of para-hydroxylation sites is 1. The van der Waals surface area contributed by atoms with Gasteiger partial charge in [-0.05, 0) is 25.0 Å². The molecule has 0 aliphatic carbocycles. The lowest BCUT2D eigenvalue weighted by molar-refractivity contribution is -0.136. The Morgan fingerprint density at radius 3 is 2.95 bits per heavy atom. The third-order valence-electron chi connectivity index (χ3n) is 3.55. The molecule has 1 amide bonds. The van der Waals surface area contributed by atoms with Gasteiger partial charge in [-0.25, -0.2) is 0 Å². The Morgan fingerprint density at radius 1 is 1.50 bits per heavy atom. The molecule has 1 unspecified atom stereocenters. The molecule has 20 heavy (non-hydrogen) atoms. The topological polar surface area (TPSA) is 55.6 Å². The van der Waals surface area contributed by atoms with Crippen LogP contribution >= 0.6 is 12.2 Å². The van der Waals surface area contributed by atoms with Crippen molar-refractivity contribution in [3.05, 3.63) is 29.8 Å². The second kappa shape index (κ2) is 6.70. The lowest BCUT2D eigenvalue weighted by atomic mass is 9.95. The zero-order valence-electron chi connectivity index (χ0n) is 11.7. The first kappa shape index (κ1) is 14.8. The van der Waals surface area contributed by atoms with Gasteiger partial charge in [-0.3, -0.25) is 4.79 Å². The van der Waals surface area contributed by atoms with Gasteiger partial charge >= 0.3 is 0 Å². The van der Waals surface area contributed by atoms with Crippen LogP contribution in [0.3, 0.4) is 0 Å². The van der Waals surface area contributed by atoms with Gasteiger partial charge in [0.15, 0.2) is 0 Å². The zero-order chi connectivity index (χ0) is 14.5. The Kier molecular flexibility index (Phi) is 4.95. The van der Waals surface area contributed by atoms with Gasteiger partial charge in [0, 0.05) is 19.5 Å². The number of amides is 1. The van der Waals surface area contributed by atoms with Crippen LogP contribution in [0.1, 0.15) is 18.9 Å². The number of thiocarbonyl (C=S) groups is 1. The summed E-state index contributed by atoms with van der Waals surface area (Å²) in [6.45, 7) is 3.66. The predicted octanol–water partition coefficient (Wildman–Crippen LogP) is 1.76. The number of benzene rings is 1. The van der Waals surface area contributed by atoms with Crippen LogP contribution in [0.2, 0.25) is 0 Å². The van der Waals surface area contributed by atoms with Crippen LogP contribution in [-0.2, 0) is 11.2 Å². The van der Waals surface area contributed by atoms with Crippen LogP contribution in [0.25, 0.3) is 0 Å². The highest BCUT2D eigenvalue weighted by molar-refractivity contribution is 7.80. The summed E-state index contributed by atoms with van der Waals surface area (Å²) < 4.78 is 5.68. The van der Waals surface area contributed by atoms with E-state index in [0.29, 0.717) is 31.1 Å². The van der Waals surface area contributed by atoms with E-state index >= 15 is 0 Å². The highest BCUT2D eigenvalue weighted by Gasteiger charge is 2.28. The van der Waals surface area contributed by atoms with E-state index in [1.165, 1.54) is 0 Å². The fourth-order valence-corrected chi connectivity index (χ4v) is 2.51. The standard InChI is InChI=1S/C15H20N2O2S/c1-2-17(8-7-14(16)20)15(18)12-9-11-5-3-4-6-13(11)19-10-12/h3-6,12H,2,7-10H2,1H3,(H2,16,20). The van der Waals surface area contributed by atoms with Gasteiger partial charge in [0.2, 0.25) is 5.91 Å². The average Bonchev–Trinajstić information content (AvgIpc) is 2.47. The summed E-state index contributed by atoms with van der Waals surface area (Å²) in [5, 5.41) is 0. The summed E-state index contributed by atoms with van der Waals surface area (Å²) in [4.78, 5) is 14.8. The third kappa shape index (κ3) is 3.48. The average molecular weight is 292 g/mol. The molecular formula is C15H20N2O2S. The largest absolute Gasteiger partial charge is 0.492 e. The maximum absolute atomic E-state index is 12.5. The second-order valence-corrected chi connectivity index (χ2v) is 5.48. The van der Waals surface area contributed by atoms with Gasteiger partial charge < -0.3 is 15.4 Å². The normalized spacial score (nSPS) is 16.9. The SMILES string of the molecule is CCN(CCC(N)=S)C(=O)C1COc2ccccc2C1. The van der Waals surface area contributed by atoms with Crippen molar-refractivity contribution in [2.75, 3.05) is 19.7 Å². The quantitative estimate of drug-likeness (QED) is 0.840. The molecule has 0 saturated carbocycles. The lowest BCUT2D eigenvalue weighted by Gasteiger charge is -2.29. The number of hydrogen-bond acceptors (Lipinski definition) is 3. The molecule has 1 heterocycles. The van der Waals surface area contributed by atoms with Gasteiger partial charge in [-0.2, -0.15) is 0 Å². The van der Waals surface area contributed by atoms with Crippen molar-refractivity contribution in [1.29, 1.82) is 0 Å². The molecule has 0 aromatic heterocycles. The second-order valence-electron chi connectivity index (χ2n) is 4.95. The molecule has 1 aromatic carbocycles. The molecule has 0 saturated heterocycles. The minimum Gasteiger partial charge on any atom is -0.492 e. The molecule has 0 spiro atoms. The summed E-state index contributed by atoms with van der Waals surface area (Å²) in [7, 11) is 0. The Morgan fingerprint density at radius 2 is 2.25 bits per heavy atom. The molecule has 1 aliphatic heterocycles. The van der Waals surface area contributed by atoms with Gasteiger partial charge in [0.25, 0.3) is 0 Å². The highest BCUT2D eigenvalue weighted by Crippen LogP contribution is 2.27. The van der Waals surface area contributed by atoms with Gasteiger partial charge in [-0.1, -0.05) is 30.4 Å². The molecule has 2 N–H and O–H groups in total. The summed E-state index contributed by atoms with van der Waals surface area (Å²) >= 11 is 4.87. The van der Waals surface area contributed by atoms with Crippen molar-refractivity contribution in [3.63, 3.8) is 0 Å². The summed E-state index contributed by atoms with van der Waals surface area (Å²) in [6.07, 6.45) is 1.30. The summed E-state index contributed by atoms with van der Waals surface area (Å²) in [5.74, 6) is 0.900. The number of nitrogens with two attached hydrogens (primary N) is 1. The van der Waals surface area contributed by atoms with E-state index < -0.39 is 0 Å². The fourth-order valence-electron chi connectivity index (χ4n) is 2.41. The van der Waals surface area contributed by atoms with Crippen molar-refractivity contribution >= 4 is 23.1 Å². The van der Waals surface area contributed by atoms with Crippen LogP contribution in [0.5, 0.6) is 5.75 Å². The number of carbonyl (C=O) groups excluding carboxylic acids is 1. The number of rotatable bonds is 5. The molecule has 1 aromatic rings. The predicted molar refractivity (Wildman–Crippen MR) is 82.8 cm³/mol. The van der Waals surface area contributed by atoms with E-state index in [9.17, 15) is 4.79 Å². The number of nitrogens with zero attached hydrogens (tertiary/aromatic N) is 1. The number of ether oxygens (including phenoxy) is 1. The first-order valence-corrected chi connectivity index (χ1v) is 7.30. The molecule has 108 valence electrons. The molecule has 0 bridgehead atoms. The van der Waals surface area contributed by atoms with E-state index in [1.54, 1.807) is 4.90 Å². The smallest absolute Gasteiger partial charge is 0.229 e. The molecule has 4 nitrogen and oxygen atoms in total. The van der Waals surface area contributed by atoms with Crippen molar-refractivity contribution in [2.45, 2.75) is 19.8 Å². The van der Waals surface area contributed by atoms with Gasteiger partial charge in [-0.15, -0.1) is 0 Å². The molecule has 1 atom stereocenters. The maximum atomic E-state index is 12.5. The van der Waals surface area contributed by atoms with Crippen molar-refractivity contribution in [1.82, 2.24) is 4.90 Å². The Bertz CT molecular complexity index is 504. The van der Waals surface area contributed by atoms with E-state index in [2.05, 4.69) is 0 Å². The van der Waals surface area contributed by atoms with E-state index in [-0.39, 0.29) is 11.8 Å². The highest BCUT2D eigenvalue weighted by atomic mass is 32.1. The maximum Gasteiger partial charge on any atom is 0.229 e. The molecule has 0 fully saturated rings. The van der Waals surface area contributed by atoms with E-state index in [1.807, 2.05) is 31.2 Å². The van der Waals surface area contributed by atoms with Gasteiger partial charge in [0.05, 0.1) is 10.9 Å². The Hall–Kier alpha value is -1.62.